The number of carbonyl (C=O) groups excluding carboxylic acids is 1. The van der Waals surface area contributed by atoms with Crippen LogP contribution in [0.3, 0.4) is 0 Å². The van der Waals surface area contributed by atoms with Crippen LogP contribution in [0.25, 0.3) is 0 Å². The van der Waals surface area contributed by atoms with E-state index in [2.05, 4.69) is 5.32 Å². The van der Waals surface area contributed by atoms with Crippen molar-refractivity contribution in [3.05, 3.63) is 86.9 Å². The number of rotatable bonds is 10. The first-order chi connectivity index (χ1) is 15.9. The number of carbonyl (C=O) groups is 1. The standard InChI is InChI=1S/C24H23ClN2O6/c1-31-22-10-4-15(12-20(22)27(29)30)19(26-18-8-6-17(25)7-9-18)14-21(28)16-5-11-23(32-2)24(13-16)33-3/h4-13,19,26H,14H2,1-3H3. The second kappa shape index (κ2) is 10.7. The summed E-state index contributed by atoms with van der Waals surface area (Å²) in [7, 11) is 4.38. The number of hydrogen-bond donors (Lipinski definition) is 1. The van der Waals surface area contributed by atoms with Gasteiger partial charge in [-0.05, 0) is 54.1 Å². The third-order valence-corrected chi connectivity index (χ3v) is 5.33. The lowest BCUT2D eigenvalue weighted by molar-refractivity contribution is -0.385. The van der Waals surface area contributed by atoms with Crippen LogP contribution in [0.4, 0.5) is 11.4 Å². The Bertz CT molecular complexity index is 1150. The van der Waals surface area contributed by atoms with Crippen LogP contribution in [-0.4, -0.2) is 32.0 Å². The fraction of sp³-hybridized carbons (Fsp3) is 0.208. The number of anilines is 1. The molecular formula is C24H23ClN2O6. The molecule has 1 atom stereocenters. The van der Waals surface area contributed by atoms with Gasteiger partial charge in [0, 0.05) is 28.8 Å². The van der Waals surface area contributed by atoms with Gasteiger partial charge >= 0.3 is 5.69 Å². The first-order valence-corrected chi connectivity index (χ1v) is 10.3. The molecule has 33 heavy (non-hydrogen) atoms. The number of nitro benzene ring substituents is 1. The number of nitrogens with one attached hydrogen (secondary N) is 1. The molecule has 0 bridgehead atoms. The van der Waals surface area contributed by atoms with Gasteiger partial charge in [0.2, 0.25) is 0 Å². The average molecular weight is 471 g/mol. The monoisotopic (exact) mass is 470 g/mol. The predicted molar refractivity (Wildman–Crippen MR) is 126 cm³/mol. The minimum atomic E-state index is -0.559. The van der Waals surface area contributed by atoms with Crippen molar-refractivity contribution >= 4 is 28.8 Å². The Hall–Kier alpha value is -3.78. The predicted octanol–water partition coefficient (Wildman–Crippen LogP) is 5.70. The van der Waals surface area contributed by atoms with Crippen molar-refractivity contribution in [3.63, 3.8) is 0 Å². The molecule has 1 unspecified atom stereocenters. The van der Waals surface area contributed by atoms with E-state index in [4.69, 9.17) is 25.8 Å². The molecular weight excluding hydrogens is 448 g/mol. The van der Waals surface area contributed by atoms with Crippen LogP contribution >= 0.6 is 11.6 Å². The second-order valence-electron chi connectivity index (χ2n) is 7.09. The van der Waals surface area contributed by atoms with Gasteiger partial charge in [0.15, 0.2) is 23.0 Å². The van der Waals surface area contributed by atoms with E-state index in [0.29, 0.717) is 33.3 Å². The SMILES string of the molecule is COc1ccc(C(=O)CC(Nc2ccc(Cl)cc2)c2ccc(OC)c([N+](=O)[O-])c2)cc1OC. The van der Waals surface area contributed by atoms with Crippen molar-refractivity contribution in [2.24, 2.45) is 0 Å². The zero-order valence-corrected chi connectivity index (χ0v) is 19.1. The minimum Gasteiger partial charge on any atom is -0.493 e. The van der Waals surface area contributed by atoms with Crippen LogP contribution in [0, 0.1) is 10.1 Å². The molecule has 0 fully saturated rings. The Labute approximate surface area is 196 Å². The largest absolute Gasteiger partial charge is 0.493 e. The van der Waals surface area contributed by atoms with E-state index in [1.807, 2.05) is 0 Å². The topological polar surface area (TPSA) is 99.9 Å². The first-order valence-electron chi connectivity index (χ1n) is 9.96. The molecule has 0 saturated heterocycles. The number of ether oxygens (including phenoxy) is 3. The summed E-state index contributed by atoms with van der Waals surface area (Å²) in [6.45, 7) is 0. The van der Waals surface area contributed by atoms with Crippen LogP contribution in [-0.2, 0) is 0 Å². The van der Waals surface area contributed by atoms with Gasteiger partial charge in [0.05, 0.1) is 32.3 Å². The maximum atomic E-state index is 13.2. The zero-order valence-electron chi connectivity index (χ0n) is 18.3. The molecule has 0 heterocycles. The molecule has 0 aliphatic rings. The summed E-state index contributed by atoms with van der Waals surface area (Å²) in [5.74, 6) is 0.905. The lowest BCUT2D eigenvalue weighted by Gasteiger charge is -2.21. The Morgan fingerprint density at radius 3 is 2.18 bits per heavy atom. The fourth-order valence-corrected chi connectivity index (χ4v) is 3.50. The number of nitrogens with zero attached hydrogens (tertiary/aromatic N) is 1. The van der Waals surface area contributed by atoms with Crippen LogP contribution in [0.5, 0.6) is 17.2 Å². The van der Waals surface area contributed by atoms with E-state index < -0.39 is 11.0 Å². The molecule has 172 valence electrons. The summed E-state index contributed by atoms with van der Waals surface area (Å²) in [4.78, 5) is 24.2. The molecule has 0 aliphatic carbocycles. The highest BCUT2D eigenvalue weighted by atomic mass is 35.5. The van der Waals surface area contributed by atoms with E-state index in [0.717, 1.165) is 0 Å². The van der Waals surface area contributed by atoms with Crippen molar-refractivity contribution in [2.75, 3.05) is 26.6 Å². The fourth-order valence-electron chi connectivity index (χ4n) is 3.38. The molecule has 3 rings (SSSR count). The lowest BCUT2D eigenvalue weighted by Crippen LogP contribution is -2.16. The number of nitro groups is 1. The van der Waals surface area contributed by atoms with Gasteiger partial charge in [-0.3, -0.25) is 14.9 Å². The third-order valence-electron chi connectivity index (χ3n) is 5.08. The van der Waals surface area contributed by atoms with Crippen LogP contribution in [0.1, 0.15) is 28.4 Å². The first kappa shape index (κ1) is 23.9. The maximum absolute atomic E-state index is 13.2. The van der Waals surface area contributed by atoms with Crippen LogP contribution in [0.2, 0.25) is 5.02 Å². The number of Topliss-reactive ketones (excluding diaryl/α,β-unsaturated/α-hetero) is 1. The Kier molecular flexibility index (Phi) is 7.74. The van der Waals surface area contributed by atoms with Crippen molar-refractivity contribution in [1.82, 2.24) is 0 Å². The molecule has 3 aromatic carbocycles. The van der Waals surface area contributed by atoms with Crippen molar-refractivity contribution in [1.29, 1.82) is 0 Å². The molecule has 0 spiro atoms. The maximum Gasteiger partial charge on any atom is 0.311 e. The summed E-state index contributed by atoms with van der Waals surface area (Å²) in [6.07, 6.45) is 0.0294. The number of hydrogen-bond acceptors (Lipinski definition) is 7. The van der Waals surface area contributed by atoms with Crippen LogP contribution < -0.4 is 19.5 Å². The van der Waals surface area contributed by atoms with Crippen LogP contribution in [0.15, 0.2) is 60.7 Å². The molecule has 0 saturated carbocycles. The van der Waals surface area contributed by atoms with Gasteiger partial charge < -0.3 is 19.5 Å². The van der Waals surface area contributed by atoms with Gasteiger partial charge in [-0.15, -0.1) is 0 Å². The Morgan fingerprint density at radius 2 is 1.58 bits per heavy atom. The molecule has 0 amide bonds. The molecule has 3 aromatic rings. The van der Waals surface area contributed by atoms with Crippen molar-refractivity contribution in [3.8, 4) is 17.2 Å². The van der Waals surface area contributed by atoms with Gasteiger partial charge in [-0.2, -0.15) is 0 Å². The quantitative estimate of drug-likeness (QED) is 0.230. The summed E-state index contributed by atoms with van der Waals surface area (Å²) in [5, 5.41) is 15.4. The van der Waals surface area contributed by atoms with E-state index in [1.54, 1.807) is 48.5 Å². The highest BCUT2D eigenvalue weighted by Gasteiger charge is 2.23. The van der Waals surface area contributed by atoms with E-state index >= 15 is 0 Å². The number of benzene rings is 3. The summed E-state index contributed by atoms with van der Waals surface area (Å²) < 4.78 is 15.6. The van der Waals surface area contributed by atoms with Gasteiger partial charge in [-0.1, -0.05) is 17.7 Å². The molecule has 0 aromatic heterocycles. The summed E-state index contributed by atoms with van der Waals surface area (Å²) in [6, 6.07) is 16.0. The van der Waals surface area contributed by atoms with Crippen molar-refractivity contribution < 1.29 is 23.9 Å². The highest BCUT2D eigenvalue weighted by molar-refractivity contribution is 6.30. The van der Waals surface area contributed by atoms with E-state index in [9.17, 15) is 14.9 Å². The second-order valence-corrected chi connectivity index (χ2v) is 7.53. The number of methoxy groups -OCH3 is 3. The van der Waals surface area contributed by atoms with Crippen molar-refractivity contribution in [2.45, 2.75) is 12.5 Å². The van der Waals surface area contributed by atoms with Gasteiger partial charge in [0.1, 0.15) is 0 Å². The molecule has 0 radical (unpaired) electrons. The van der Waals surface area contributed by atoms with Gasteiger partial charge in [-0.25, -0.2) is 0 Å². The normalized spacial score (nSPS) is 11.4. The average Bonchev–Trinajstić information content (AvgIpc) is 2.83. The molecule has 8 nitrogen and oxygen atoms in total. The highest BCUT2D eigenvalue weighted by Crippen LogP contribution is 2.34. The Balaban J connectivity index is 1.97. The van der Waals surface area contributed by atoms with E-state index in [1.165, 1.54) is 33.5 Å². The zero-order chi connectivity index (χ0) is 24.0. The van der Waals surface area contributed by atoms with E-state index in [-0.39, 0.29) is 23.6 Å². The summed E-state index contributed by atoms with van der Waals surface area (Å²) >= 11 is 5.98. The number of ketones is 1. The smallest absolute Gasteiger partial charge is 0.311 e. The lowest BCUT2D eigenvalue weighted by atomic mass is 9.96. The third kappa shape index (κ3) is 5.72. The molecule has 9 heteroatoms. The number of halogens is 1. The molecule has 0 aliphatic heterocycles. The molecule has 1 N–H and O–H groups in total. The van der Waals surface area contributed by atoms with Gasteiger partial charge in [0.25, 0.3) is 0 Å². The minimum absolute atomic E-state index is 0.0294. The summed E-state index contributed by atoms with van der Waals surface area (Å²) in [5.41, 5.74) is 1.52. The Morgan fingerprint density at radius 1 is 0.939 bits per heavy atom.